The van der Waals surface area contributed by atoms with Crippen molar-refractivity contribution in [1.29, 1.82) is 0 Å². The first-order valence-corrected chi connectivity index (χ1v) is 5.45. The van der Waals surface area contributed by atoms with E-state index in [-0.39, 0.29) is 11.8 Å². The number of nitrogens with one attached hydrogen (secondary N) is 2. The fraction of sp³-hybridized carbons (Fsp3) is 0.900. The lowest BCUT2D eigenvalue weighted by atomic mass is 10.1. The van der Waals surface area contributed by atoms with E-state index >= 15 is 0 Å². The van der Waals surface area contributed by atoms with E-state index in [1.807, 2.05) is 0 Å². The Morgan fingerprint density at radius 1 is 1.50 bits per heavy atom. The smallest absolute Gasteiger partial charge is 0.224 e. The molecular formula is C10H19N3O. The number of hydrogen-bond donors (Lipinski definition) is 2. The van der Waals surface area contributed by atoms with Crippen LogP contribution >= 0.6 is 0 Å². The largest absolute Gasteiger partial charge is 0.352 e. The van der Waals surface area contributed by atoms with Crippen molar-refractivity contribution in [3.63, 3.8) is 0 Å². The minimum atomic E-state index is 0.223. The second-order valence-electron chi connectivity index (χ2n) is 4.45. The van der Waals surface area contributed by atoms with Crippen LogP contribution < -0.4 is 10.6 Å². The molecule has 2 fully saturated rings. The molecule has 0 saturated carbocycles. The van der Waals surface area contributed by atoms with Crippen molar-refractivity contribution in [3.8, 4) is 0 Å². The van der Waals surface area contributed by atoms with E-state index in [4.69, 9.17) is 0 Å². The summed E-state index contributed by atoms with van der Waals surface area (Å²) in [6, 6.07) is 0.369. The molecule has 1 unspecified atom stereocenters. The predicted molar refractivity (Wildman–Crippen MR) is 55.0 cm³/mol. The number of hydrogen-bond acceptors (Lipinski definition) is 3. The summed E-state index contributed by atoms with van der Waals surface area (Å²) in [5.74, 6) is 0.476. The number of carbonyl (C=O) groups excluding carboxylic acids is 1. The van der Waals surface area contributed by atoms with Gasteiger partial charge in [-0.1, -0.05) is 0 Å². The fourth-order valence-electron chi connectivity index (χ4n) is 2.25. The number of carbonyl (C=O) groups is 1. The maximum atomic E-state index is 11.8. The first kappa shape index (κ1) is 9.93. The van der Waals surface area contributed by atoms with Gasteiger partial charge in [-0.05, 0) is 33.0 Å². The number of amides is 1. The molecule has 2 N–H and O–H groups in total. The van der Waals surface area contributed by atoms with E-state index in [2.05, 4.69) is 22.6 Å². The van der Waals surface area contributed by atoms with Gasteiger partial charge in [-0.3, -0.25) is 4.79 Å². The van der Waals surface area contributed by atoms with Gasteiger partial charge in [0.15, 0.2) is 0 Å². The Bertz CT molecular complexity index is 213. The first-order chi connectivity index (χ1) is 6.75. The van der Waals surface area contributed by atoms with Crippen molar-refractivity contribution in [3.05, 3.63) is 0 Å². The van der Waals surface area contributed by atoms with Crippen LogP contribution in [0.25, 0.3) is 0 Å². The van der Waals surface area contributed by atoms with Crippen molar-refractivity contribution in [1.82, 2.24) is 15.5 Å². The summed E-state index contributed by atoms with van der Waals surface area (Å²) in [7, 11) is 2.07. The highest BCUT2D eigenvalue weighted by Gasteiger charge is 2.28. The van der Waals surface area contributed by atoms with E-state index < -0.39 is 0 Å². The van der Waals surface area contributed by atoms with Crippen molar-refractivity contribution >= 4 is 5.91 Å². The summed E-state index contributed by atoms with van der Waals surface area (Å²) in [6.45, 7) is 3.96. The van der Waals surface area contributed by atoms with Gasteiger partial charge in [-0.2, -0.15) is 0 Å². The van der Waals surface area contributed by atoms with E-state index in [9.17, 15) is 4.79 Å². The van der Waals surface area contributed by atoms with Crippen LogP contribution in [0.2, 0.25) is 0 Å². The van der Waals surface area contributed by atoms with Gasteiger partial charge in [0.25, 0.3) is 0 Å². The van der Waals surface area contributed by atoms with Crippen molar-refractivity contribution in [2.24, 2.45) is 5.92 Å². The molecule has 2 heterocycles. The van der Waals surface area contributed by atoms with Gasteiger partial charge in [-0.15, -0.1) is 0 Å². The normalized spacial score (nSPS) is 33.5. The minimum Gasteiger partial charge on any atom is -0.352 e. The zero-order valence-electron chi connectivity index (χ0n) is 8.75. The lowest BCUT2D eigenvalue weighted by molar-refractivity contribution is -0.125. The first-order valence-electron chi connectivity index (χ1n) is 5.45. The highest BCUT2D eigenvalue weighted by molar-refractivity contribution is 5.79. The Kier molecular flexibility index (Phi) is 3.03. The minimum absolute atomic E-state index is 0.223. The molecule has 2 rings (SSSR count). The lowest BCUT2D eigenvalue weighted by Crippen LogP contribution is -2.40. The third-order valence-electron chi connectivity index (χ3n) is 3.17. The molecule has 80 valence electrons. The SMILES string of the molecule is CN1CCC(C(=O)N[C@H]2CCNC2)C1. The number of rotatable bonds is 2. The fourth-order valence-corrected chi connectivity index (χ4v) is 2.25. The molecule has 0 aliphatic carbocycles. The zero-order chi connectivity index (χ0) is 9.97. The van der Waals surface area contributed by atoms with Crippen LogP contribution in [0.4, 0.5) is 0 Å². The molecule has 0 aromatic carbocycles. The van der Waals surface area contributed by atoms with Crippen LogP contribution in [0, 0.1) is 5.92 Å². The summed E-state index contributed by atoms with van der Waals surface area (Å²) in [5, 5.41) is 6.37. The van der Waals surface area contributed by atoms with Gasteiger partial charge < -0.3 is 15.5 Å². The predicted octanol–water partition coefficient (Wildman–Crippen LogP) is -0.584. The molecule has 1 amide bonds. The van der Waals surface area contributed by atoms with Gasteiger partial charge in [0.1, 0.15) is 0 Å². The third kappa shape index (κ3) is 2.25. The summed E-state index contributed by atoms with van der Waals surface area (Å²) in [5.41, 5.74) is 0. The Morgan fingerprint density at radius 2 is 2.36 bits per heavy atom. The van der Waals surface area contributed by atoms with E-state index in [1.54, 1.807) is 0 Å². The molecule has 0 aromatic heterocycles. The number of likely N-dealkylation sites (tertiary alicyclic amines) is 1. The summed E-state index contributed by atoms with van der Waals surface area (Å²) >= 11 is 0. The van der Waals surface area contributed by atoms with Gasteiger partial charge >= 0.3 is 0 Å². The molecule has 4 nitrogen and oxygen atoms in total. The maximum Gasteiger partial charge on any atom is 0.224 e. The van der Waals surface area contributed by atoms with Crippen LogP contribution in [-0.2, 0) is 4.79 Å². The number of nitrogens with zero attached hydrogens (tertiary/aromatic N) is 1. The van der Waals surface area contributed by atoms with Gasteiger partial charge in [0.05, 0.1) is 5.92 Å². The third-order valence-corrected chi connectivity index (χ3v) is 3.17. The average Bonchev–Trinajstić information content (AvgIpc) is 2.75. The molecule has 0 aromatic rings. The molecule has 0 radical (unpaired) electrons. The van der Waals surface area contributed by atoms with Gasteiger partial charge in [-0.25, -0.2) is 0 Å². The molecule has 2 aliphatic heterocycles. The van der Waals surface area contributed by atoms with Crippen LogP contribution in [0.3, 0.4) is 0 Å². The standard InChI is InChI=1S/C10H19N3O/c1-13-5-3-8(7-13)10(14)12-9-2-4-11-6-9/h8-9,11H,2-7H2,1H3,(H,12,14)/t8?,9-/m0/s1. The monoisotopic (exact) mass is 197 g/mol. The molecule has 2 aliphatic rings. The van der Waals surface area contributed by atoms with E-state index in [0.29, 0.717) is 6.04 Å². The lowest BCUT2D eigenvalue weighted by Gasteiger charge is -2.15. The summed E-state index contributed by atoms with van der Waals surface area (Å²) in [6.07, 6.45) is 2.09. The van der Waals surface area contributed by atoms with E-state index in [1.165, 1.54) is 0 Å². The van der Waals surface area contributed by atoms with Gasteiger partial charge in [0.2, 0.25) is 5.91 Å². The molecule has 2 atom stereocenters. The Balaban J connectivity index is 1.77. The molecule has 2 saturated heterocycles. The summed E-state index contributed by atoms with van der Waals surface area (Å²) < 4.78 is 0. The topological polar surface area (TPSA) is 44.4 Å². The van der Waals surface area contributed by atoms with E-state index in [0.717, 1.165) is 39.0 Å². The zero-order valence-corrected chi connectivity index (χ0v) is 8.75. The molecule has 0 bridgehead atoms. The van der Waals surface area contributed by atoms with Crippen LogP contribution in [0.15, 0.2) is 0 Å². The Labute approximate surface area is 85.0 Å². The van der Waals surface area contributed by atoms with Gasteiger partial charge in [0, 0.05) is 19.1 Å². The quantitative estimate of drug-likeness (QED) is 0.622. The average molecular weight is 197 g/mol. The second-order valence-corrected chi connectivity index (χ2v) is 4.45. The molecule has 4 heteroatoms. The second kappa shape index (κ2) is 4.28. The maximum absolute atomic E-state index is 11.8. The molecular weight excluding hydrogens is 178 g/mol. The van der Waals surface area contributed by atoms with Crippen LogP contribution in [0.1, 0.15) is 12.8 Å². The van der Waals surface area contributed by atoms with Crippen molar-refractivity contribution in [2.45, 2.75) is 18.9 Å². The Hall–Kier alpha value is -0.610. The van der Waals surface area contributed by atoms with Crippen molar-refractivity contribution in [2.75, 3.05) is 33.2 Å². The highest BCUT2D eigenvalue weighted by Crippen LogP contribution is 2.14. The summed E-state index contributed by atoms with van der Waals surface area (Å²) in [4.78, 5) is 14.0. The van der Waals surface area contributed by atoms with Crippen LogP contribution in [-0.4, -0.2) is 50.1 Å². The molecule has 14 heavy (non-hydrogen) atoms. The molecule has 0 spiro atoms. The Morgan fingerprint density at radius 3 is 2.93 bits per heavy atom. The van der Waals surface area contributed by atoms with Crippen LogP contribution in [0.5, 0.6) is 0 Å². The van der Waals surface area contributed by atoms with Crippen molar-refractivity contribution < 1.29 is 4.79 Å². The highest BCUT2D eigenvalue weighted by atomic mass is 16.2.